The van der Waals surface area contributed by atoms with Crippen LogP contribution in [-0.4, -0.2) is 37.0 Å². The Kier molecular flexibility index (Phi) is 6.36. The zero-order chi connectivity index (χ0) is 16.8. The Morgan fingerprint density at radius 3 is 2.74 bits per heavy atom. The number of halogens is 1. The topological polar surface area (TPSA) is 76.7 Å². The van der Waals surface area contributed by atoms with Gasteiger partial charge in [0.15, 0.2) is 0 Å². The number of likely N-dealkylation sites (tertiary alicyclic amines) is 1. The number of nitrogens with zero attached hydrogens (tertiary/aromatic N) is 1. The summed E-state index contributed by atoms with van der Waals surface area (Å²) in [6, 6.07) is 3.89. The molecule has 0 aliphatic carbocycles. The molecule has 2 N–H and O–H groups in total. The molecule has 6 nitrogen and oxygen atoms in total. The Morgan fingerprint density at radius 1 is 1.43 bits per heavy atom. The predicted octanol–water partition coefficient (Wildman–Crippen LogP) is 1.68. The normalized spacial score (nSPS) is 21.0. The number of hydrogen-bond donors (Lipinski definition) is 2. The van der Waals surface area contributed by atoms with Crippen molar-refractivity contribution < 1.29 is 14.6 Å². The van der Waals surface area contributed by atoms with Crippen LogP contribution >= 0.6 is 11.6 Å². The molecule has 0 aromatic heterocycles. The van der Waals surface area contributed by atoms with Crippen molar-refractivity contribution in [2.45, 2.75) is 26.2 Å². The standard InChI is InChI=1S/C16H22ClN3O3/c1-12-5-9-19(10-6-12)8-2-7-18-16(21)14-4-3-13(20(22)23)11-15(14)17/h3-4,11-12H,2,5-10H2,1H3,(H,18,21)/p+1. The second kappa shape index (κ2) is 8.26. The lowest BCUT2D eigenvalue weighted by Gasteiger charge is -2.27. The fourth-order valence-electron chi connectivity index (χ4n) is 2.86. The monoisotopic (exact) mass is 340 g/mol. The van der Waals surface area contributed by atoms with E-state index in [9.17, 15) is 14.9 Å². The Labute approximate surface area is 141 Å². The number of amides is 1. The van der Waals surface area contributed by atoms with Crippen molar-refractivity contribution in [2.24, 2.45) is 5.92 Å². The van der Waals surface area contributed by atoms with Gasteiger partial charge in [-0.15, -0.1) is 0 Å². The minimum atomic E-state index is -0.532. The van der Waals surface area contributed by atoms with Gasteiger partial charge in [-0.25, -0.2) is 0 Å². The third kappa shape index (κ3) is 5.18. The summed E-state index contributed by atoms with van der Waals surface area (Å²) < 4.78 is 0. The SMILES string of the molecule is CC1CC[NH+](CCCNC(=O)c2ccc([N+](=O)[O-])cc2Cl)CC1. The van der Waals surface area contributed by atoms with E-state index in [1.807, 2.05) is 0 Å². The van der Waals surface area contributed by atoms with Crippen LogP contribution in [0.25, 0.3) is 0 Å². The number of carbonyl (C=O) groups is 1. The Bertz CT molecular complexity index is 572. The molecule has 0 saturated carbocycles. The van der Waals surface area contributed by atoms with Crippen LogP contribution in [0.5, 0.6) is 0 Å². The van der Waals surface area contributed by atoms with E-state index < -0.39 is 4.92 Å². The second-order valence-corrected chi connectivity index (χ2v) is 6.62. The molecule has 1 aromatic rings. The minimum Gasteiger partial charge on any atom is -0.352 e. The first-order chi connectivity index (χ1) is 11.0. The van der Waals surface area contributed by atoms with Crippen molar-refractivity contribution >= 4 is 23.2 Å². The van der Waals surface area contributed by atoms with Gasteiger partial charge in [-0.05, 0) is 24.8 Å². The van der Waals surface area contributed by atoms with Crippen molar-refractivity contribution in [3.63, 3.8) is 0 Å². The number of nitrogens with one attached hydrogen (secondary N) is 2. The van der Waals surface area contributed by atoms with Crippen molar-refractivity contribution in [1.29, 1.82) is 0 Å². The quantitative estimate of drug-likeness (QED) is 0.470. The van der Waals surface area contributed by atoms with Crippen LogP contribution in [-0.2, 0) is 0 Å². The summed E-state index contributed by atoms with van der Waals surface area (Å²) in [7, 11) is 0. The van der Waals surface area contributed by atoms with Crippen molar-refractivity contribution in [3.8, 4) is 0 Å². The van der Waals surface area contributed by atoms with Gasteiger partial charge in [-0.2, -0.15) is 0 Å². The maximum atomic E-state index is 12.1. The van der Waals surface area contributed by atoms with E-state index in [1.165, 1.54) is 44.1 Å². The highest BCUT2D eigenvalue weighted by atomic mass is 35.5. The van der Waals surface area contributed by atoms with E-state index in [0.717, 1.165) is 18.9 Å². The maximum Gasteiger partial charge on any atom is 0.270 e. The zero-order valence-electron chi connectivity index (χ0n) is 13.3. The van der Waals surface area contributed by atoms with Crippen LogP contribution in [0.4, 0.5) is 5.69 Å². The third-order valence-corrected chi connectivity index (χ3v) is 4.69. The first-order valence-corrected chi connectivity index (χ1v) is 8.41. The number of quaternary nitrogens is 1. The molecular formula is C16H23ClN3O3+. The van der Waals surface area contributed by atoms with E-state index in [2.05, 4.69) is 12.2 Å². The molecule has 1 heterocycles. The molecule has 0 bridgehead atoms. The molecule has 23 heavy (non-hydrogen) atoms. The molecule has 7 heteroatoms. The van der Waals surface area contributed by atoms with Gasteiger partial charge in [-0.1, -0.05) is 18.5 Å². The summed E-state index contributed by atoms with van der Waals surface area (Å²) in [4.78, 5) is 23.8. The highest BCUT2D eigenvalue weighted by Crippen LogP contribution is 2.22. The summed E-state index contributed by atoms with van der Waals surface area (Å²) in [5.74, 6) is 0.551. The zero-order valence-corrected chi connectivity index (χ0v) is 14.1. The van der Waals surface area contributed by atoms with Gasteiger partial charge >= 0.3 is 0 Å². The largest absolute Gasteiger partial charge is 0.352 e. The summed E-state index contributed by atoms with van der Waals surface area (Å²) in [6.07, 6.45) is 3.47. The molecule has 1 amide bonds. The fourth-order valence-corrected chi connectivity index (χ4v) is 3.12. The number of piperidine rings is 1. The van der Waals surface area contributed by atoms with Gasteiger partial charge in [-0.3, -0.25) is 14.9 Å². The number of hydrogen-bond acceptors (Lipinski definition) is 3. The molecule has 1 saturated heterocycles. The predicted molar refractivity (Wildman–Crippen MR) is 89.0 cm³/mol. The molecule has 1 fully saturated rings. The highest BCUT2D eigenvalue weighted by Gasteiger charge is 2.18. The van der Waals surface area contributed by atoms with Crippen LogP contribution in [0.3, 0.4) is 0 Å². The molecular weight excluding hydrogens is 318 g/mol. The van der Waals surface area contributed by atoms with Gasteiger partial charge < -0.3 is 10.2 Å². The van der Waals surface area contributed by atoms with E-state index in [0.29, 0.717) is 6.54 Å². The summed E-state index contributed by atoms with van der Waals surface area (Å²) in [5.41, 5.74) is 0.158. The van der Waals surface area contributed by atoms with Crippen molar-refractivity contribution in [1.82, 2.24) is 5.32 Å². The van der Waals surface area contributed by atoms with E-state index in [1.54, 1.807) is 4.90 Å². The van der Waals surface area contributed by atoms with Crippen LogP contribution in [0.1, 0.15) is 36.5 Å². The summed E-state index contributed by atoms with van der Waals surface area (Å²) in [5, 5.41) is 13.6. The number of nitro groups is 1. The molecule has 1 aliphatic heterocycles. The molecule has 0 radical (unpaired) electrons. The lowest BCUT2D eigenvalue weighted by atomic mass is 9.99. The highest BCUT2D eigenvalue weighted by molar-refractivity contribution is 6.34. The summed E-state index contributed by atoms with van der Waals surface area (Å²) >= 11 is 5.95. The number of benzene rings is 1. The molecule has 1 aromatic carbocycles. The van der Waals surface area contributed by atoms with Gasteiger partial charge in [0.05, 0.1) is 35.1 Å². The maximum absolute atomic E-state index is 12.1. The third-order valence-electron chi connectivity index (χ3n) is 4.38. The van der Waals surface area contributed by atoms with Crippen LogP contribution < -0.4 is 10.2 Å². The van der Waals surface area contributed by atoms with Gasteiger partial charge in [0.25, 0.3) is 11.6 Å². The Balaban J connectivity index is 1.75. The van der Waals surface area contributed by atoms with E-state index >= 15 is 0 Å². The average molecular weight is 341 g/mol. The average Bonchev–Trinajstić information content (AvgIpc) is 2.52. The minimum absolute atomic E-state index is 0.104. The number of nitro benzene ring substituents is 1. The van der Waals surface area contributed by atoms with E-state index in [-0.39, 0.29) is 22.2 Å². The lowest BCUT2D eigenvalue weighted by Crippen LogP contribution is -3.13. The summed E-state index contributed by atoms with van der Waals surface area (Å²) in [6.45, 7) is 6.36. The van der Waals surface area contributed by atoms with E-state index in [4.69, 9.17) is 11.6 Å². The Hall–Kier alpha value is -1.66. The smallest absolute Gasteiger partial charge is 0.270 e. The van der Waals surface area contributed by atoms with Crippen LogP contribution in [0, 0.1) is 16.0 Å². The van der Waals surface area contributed by atoms with Crippen LogP contribution in [0.2, 0.25) is 5.02 Å². The molecule has 0 spiro atoms. The van der Waals surface area contributed by atoms with Crippen LogP contribution in [0.15, 0.2) is 18.2 Å². The Morgan fingerprint density at radius 2 is 2.13 bits per heavy atom. The lowest BCUT2D eigenvalue weighted by molar-refractivity contribution is -0.906. The van der Waals surface area contributed by atoms with Crippen molar-refractivity contribution in [2.75, 3.05) is 26.2 Å². The first kappa shape index (κ1) is 17.7. The number of rotatable bonds is 6. The molecule has 2 rings (SSSR count). The second-order valence-electron chi connectivity index (χ2n) is 6.21. The molecule has 0 unspecified atom stereocenters. The van der Waals surface area contributed by atoms with Gasteiger partial charge in [0.2, 0.25) is 0 Å². The van der Waals surface area contributed by atoms with Crippen molar-refractivity contribution in [3.05, 3.63) is 38.9 Å². The first-order valence-electron chi connectivity index (χ1n) is 8.03. The number of non-ortho nitro benzene ring substituents is 1. The van der Waals surface area contributed by atoms with Gasteiger partial charge in [0, 0.05) is 25.1 Å². The fraction of sp³-hybridized carbons (Fsp3) is 0.562. The number of carbonyl (C=O) groups excluding carboxylic acids is 1. The molecule has 1 aliphatic rings. The molecule has 126 valence electrons. The van der Waals surface area contributed by atoms with Gasteiger partial charge in [0.1, 0.15) is 0 Å². The molecule has 0 atom stereocenters.